The summed E-state index contributed by atoms with van der Waals surface area (Å²) in [7, 11) is 0. The van der Waals surface area contributed by atoms with Gasteiger partial charge in [-0.05, 0) is 50.5 Å². The van der Waals surface area contributed by atoms with Crippen LogP contribution in [0, 0.1) is 19.8 Å². The number of halogens is 1. The molecule has 3 N–H and O–H groups in total. The Morgan fingerprint density at radius 3 is 2.54 bits per heavy atom. The van der Waals surface area contributed by atoms with E-state index in [-0.39, 0.29) is 36.6 Å². The summed E-state index contributed by atoms with van der Waals surface area (Å²) in [6.07, 6.45) is 0. The summed E-state index contributed by atoms with van der Waals surface area (Å²) in [4.78, 5) is 12.4. The third-order valence-corrected chi connectivity index (χ3v) is 4.68. The number of nitrogens with two attached hydrogens (primary N) is 1. The van der Waals surface area contributed by atoms with E-state index in [9.17, 15) is 4.79 Å². The van der Waals surface area contributed by atoms with Crippen molar-refractivity contribution >= 4 is 18.3 Å². The van der Waals surface area contributed by atoms with Gasteiger partial charge in [0.05, 0.1) is 5.54 Å². The Morgan fingerprint density at radius 2 is 1.96 bits per heavy atom. The number of benzene rings is 1. The van der Waals surface area contributed by atoms with E-state index >= 15 is 0 Å². The fourth-order valence-corrected chi connectivity index (χ4v) is 2.44. The lowest BCUT2D eigenvalue weighted by Crippen LogP contribution is -2.54. The van der Waals surface area contributed by atoms with Crippen molar-refractivity contribution in [2.24, 2.45) is 11.7 Å². The largest absolute Gasteiger partial charge is 0.485 e. The maximum Gasteiger partial charge on any atom is 0.287 e. The summed E-state index contributed by atoms with van der Waals surface area (Å²) < 4.78 is 11.4. The van der Waals surface area contributed by atoms with Crippen LogP contribution in [0.25, 0.3) is 0 Å². The lowest BCUT2D eigenvalue weighted by Gasteiger charge is -2.33. The molecule has 1 atom stereocenters. The van der Waals surface area contributed by atoms with Gasteiger partial charge in [-0.25, -0.2) is 0 Å². The van der Waals surface area contributed by atoms with Gasteiger partial charge in [-0.1, -0.05) is 31.5 Å². The first-order valence-corrected chi connectivity index (χ1v) is 8.56. The van der Waals surface area contributed by atoms with Gasteiger partial charge < -0.3 is 20.2 Å². The summed E-state index contributed by atoms with van der Waals surface area (Å²) in [5.74, 6) is 1.62. The molecule has 6 heteroatoms. The van der Waals surface area contributed by atoms with Crippen LogP contribution in [-0.4, -0.2) is 18.0 Å². The van der Waals surface area contributed by atoms with E-state index in [0.29, 0.717) is 12.3 Å². The molecule has 0 radical (unpaired) electrons. The van der Waals surface area contributed by atoms with E-state index in [1.807, 2.05) is 46.8 Å². The van der Waals surface area contributed by atoms with E-state index in [0.717, 1.165) is 11.3 Å². The van der Waals surface area contributed by atoms with Gasteiger partial charge in [0.15, 0.2) is 5.76 Å². The summed E-state index contributed by atoms with van der Waals surface area (Å²) in [5.41, 5.74) is 7.60. The van der Waals surface area contributed by atoms with Gasteiger partial charge in [0, 0.05) is 6.54 Å². The number of aryl methyl sites for hydroxylation is 2. The first kappa shape index (κ1) is 22.1. The third kappa shape index (κ3) is 5.26. The molecule has 0 spiro atoms. The molecule has 26 heavy (non-hydrogen) atoms. The van der Waals surface area contributed by atoms with Crippen molar-refractivity contribution in [3.05, 3.63) is 53.0 Å². The van der Waals surface area contributed by atoms with Crippen molar-refractivity contribution in [1.29, 1.82) is 0 Å². The molecule has 0 aliphatic carbocycles. The molecule has 0 saturated heterocycles. The molecule has 0 aliphatic heterocycles. The van der Waals surface area contributed by atoms with Gasteiger partial charge in [0.2, 0.25) is 0 Å². The summed E-state index contributed by atoms with van der Waals surface area (Å²) in [6.45, 7) is 10.7. The van der Waals surface area contributed by atoms with Crippen LogP contribution in [0.2, 0.25) is 0 Å². The number of rotatable bonds is 7. The normalized spacial score (nSPS) is 13.0. The maximum absolute atomic E-state index is 12.4. The monoisotopic (exact) mass is 380 g/mol. The molecule has 1 aromatic carbocycles. The minimum atomic E-state index is -0.473. The second kappa shape index (κ2) is 9.10. The van der Waals surface area contributed by atoms with Crippen LogP contribution >= 0.6 is 12.4 Å². The molecular weight excluding hydrogens is 352 g/mol. The molecule has 1 heterocycles. The van der Waals surface area contributed by atoms with Crippen LogP contribution in [-0.2, 0) is 6.61 Å². The Morgan fingerprint density at radius 1 is 1.27 bits per heavy atom. The standard InChI is InChI=1S/C20H28N2O3.ClH/c1-13(2)20(5,12-21)22-19(23)18-9-7-16(25-18)11-24-17-8-6-14(3)10-15(17)4;/h6-10,13H,11-12,21H2,1-5H3,(H,22,23);1H. The fourth-order valence-electron chi connectivity index (χ4n) is 2.44. The average Bonchev–Trinajstić information content (AvgIpc) is 3.02. The third-order valence-electron chi connectivity index (χ3n) is 4.68. The zero-order chi connectivity index (χ0) is 18.6. The highest BCUT2D eigenvalue weighted by Gasteiger charge is 2.29. The topological polar surface area (TPSA) is 77.5 Å². The molecule has 2 rings (SSSR count). The number of hydrogen-bond acceptors (Lipinski definition) is 4. The Labute approximate surface area is 161 Å². The lowest BCUT2D eigenvalue weighted by atomic mass is 9.88. The molecule has 1 unspecified atom stereocenters. The van der Waals surface area contributed by atoms with Crippen molar-refractivity contribution in [2.75, 3.05) is 6.54 Å². The number of nitrogens with one attached hydrogen (secondary N) is 1. The number of amides is 1. The predicted molar refractivity (Wildman–Crippen MR) is 106 cm³/mol. The molecule has 0 fully saturated rings. The second-order valence-electron chi connectivity index (χ2n) is 7.05. The van der Waals surface area contributed by atoms with Crippen LogP contribution in [0.5, 0.6) is 5.75 Å². The van der Waals surface area contributed by atoms with E-state index in [1.165, 1.54) is 5.56 Å². The zero-order valence-corrected chi connectivity index (χ0v) is 16.9. The van der Waals surface area contributed by atoms with Gasteiger partial charge in [0.25, 0.3) is 5.91 Å². The highest BCUT2D eigenvalue weighted by molar-refractivity contribution is 5.92. The minimum Gasteiger partial charge on any atom is -0.485 e. The summed E-state index contributed by atoms with van der Waals surface area (Å²) in [6, 6.07) is 9.43. The summed E-state index contributed by atoms with van der Waals surface area (Å²) >= 11 is 0. The molecule has 0 aliphatic rings. The molecular formula is C20H29ClN2O3. The van der Waals surface area contributed by atoms with Gasteiger partial charge in [0.1, 0.15) is 18.1 Å². The fraction of sp³-hybridized carbons (Fsp3) is 0.450. The van der Waals surface area contributed by atoms with Gasteiger partial charge in [-0.2, -0.15) is 0 Å². The smallest absolute Gasteiger partial charge is 0.287 e. The van der Waals surface area contributed by atoms with Crippen LogP contribution in [0.15, 0.2) is 34.7 Å². The highest BCUT2D eigenvalue weighted by Crippen LogP contribution is 2.21. The second-order valence-corrected chi connectivity index (χ2v) is 7.05. The van der Waals surface area contributed by atoms with Crippen LogP contribution < -0.4 is 15.8 Å². The highest BCUT2D eigenvalue weighted by atomic mass is 35.5. The Hall–Kier alpha value is -1.98. The number of hydrogen-bond donors (Lipinski definition) is 2. The first-order chi connectivity index (χ1) is 11.7. The van der Waals surface area contributed by atoms with E-state index in [1.54, 1.807) is 12.1 Å². The molecule has 0 bridgehead atoms. The summed E-state index contributed by atoms with van der Waals surface area (Å²) in [5, 5.41) is 2.96. The van der Waals surface area contributed by atoms with Gasteiger partial charge >= 0.3 is 0 Å². The quantitative estimate of drug-likeness (QED) is 0.761. The van der Waals surface area contributed by atoms with Crippen LogP contribution in [0.4, 0.5) is 0 Å². The van der Waals surface area contributed by atoms with E-state index in [4.69, 9.17) is 14.9 Å². The van der Waals surface area contributed by atoms with Gasteiger partial charge in [-0.15, -0.1) is 12.4 Å². The van der Waals surface area contributed by atoms with Gasteiger partial charge in [-0.3, -0.25) is 4.79 Å². The molecule has 5 nitrogen and oxygen atoms in total. The number of carbonyl (C=O) groups is 1. The Kier molecular flexibility index (Phi) is 7.72. The van der Waals surface area contributed by atoms with Crippen LogP contribution in [0.1, 0.15) is 48.2 Å². The Balaban J connectivity index is 0.00000338. The predicted octanol–water partition coefficient (Wildman–Crippen LogP) is 4.00. The van der Waals surface area contributed by atoms with E-state index in [2.05, 4.69) is 11.4 Å². The van der Waals surface area contributed by atoms with Crippen LogP contribution in [0.3, 0.4) is 0 Å². The number of carbonyl (C=O) groups excluding carboxylic acids is 1. The molecule has 2 aromatic rings. The SMILES string of the molecule is Cc1ccc(OCc2ccc(C(=O)NC(C)(CN)C(C)C)o2)c(C)c1.Cl. The maximum atomic E-state index is 12.4. The zero-order valence-electron chi connectivity index (χ0n) is 16.1. The molecule has 1 aromatic heterocycles. The molecule has 0 saturated carbocycles. The first-order valence-electron chi connectivity index (χ1n) is 8.56. The van der Waals surface area contributed by atoms with Crippen molar-refractivity contribution in [3.63, 3.8) is 0 Å². The average molecular weight is 381 g/mol. The van der Waals surface area contributed by atoms with E-state index < -0.39 is 5.54 Å². The molecule has 1 amide bonds. The van der Waals surface area contributed by atoms with Crippen molar-refractivity contribution in [2.45, 2.75) is 46.8 Å². The van der Waals surface area contributed by atoms with Crippen molar-refractivity contribution in [3.8, 4) is 5.75 Å². The lowest BCUT2D eigenvalue weighted by molar-refractivity contribution is 0.0850. The van der Waals surface area contributed by atoms with Crippen molar-refractivity contribution < 1.29 is 13.9 Å². The Bertz CT molecular complexity index is 742. The number of furan rings is 1. The number of ether oxygens (including phenoxy) is 1. The minimum absolute atomic E-state index is 0. The molecule has 144 valence electrons. The van der Waals surface area contributed by atoms with Crippen molar-refractivity contribution in [1.82, 2.24) is 5.32 Å².